The molecule has 2 amide bonds. The van der Waals surface area contributed by atoms with Crippen molar-refractivity contribution in [2.24, 2.45) is 51.8 Å². The van der Waals surface area contributed by atoms with E-state index in [0.717, 1.165) is 32.1 Å². The minimum atomic E-state index is -0.747. The Hall–Kier alpha value is -2.63. The highest BCUT2D eigenvalue weighted by Crippen LogP contribution is 2.74. The van der Waals surface area contributed by atoms with Crippen LogP contribution < -0.4 is 4.90 Å². The molecule has 5 aliphatic carbocycles. The number of anilines is 1. The van der Waals surface area contributed by atoms with Gasteiger partial charge in [0.05, 0.1) is 22.9 Å². The molecule has 7 rings (SSSR count). The van der Waals surface area contributed by atoms with Gasteiger partial charge in [0, 0.05) is 5.41 Å². The molecule has 0 aromatic heterocycles. The van der Waals surface area contributed by atoms with Crippen molar-refractivity contribution in [3.8, 4) is 5.75 Å². The number of carboxylic acid groups (broad SMARTS) is 1. The molecule has 1 aliphatic heterocycles. The summed E-state index contributed by atoms with van der Waals surface area (Å²) in [5, 5.41) is 20.0. The maximum atomic E-state index is 14.2. The van der Waals surface area contributed by atoms with Gasteiger partial charge in [0.1, 0.15) is 5.75 Å². The highest BCUT2D eigenvalue weighted by Gasteiger charge is 2.73. The second kappa shape index (κ2) is 7.45. The zero-order chi connectivity index (χ0) is 25.8. The predicted octanol–water partition coefficient (Wildman–Crippen LogP) is 5.41. The first kappa shape index (κ1) is 23.7. The minimum Gasteiger partial charge on any atom is -0.508 e. The predicted molar refractivity (Wildman–Crippen MR) is 135 cm³/mol. The molecule has 6 nitrogen and oxygen atoms in total. The summed E-state index contributed by atoms with van der Waals surface area (Å²) < 4.78 is 0. The van der Waals surface area contributed by atoms with Crippen LogP contribution in [0.15, 0.2) is 35.9 Å². The normalized spacial score (nSPS) is 43.2. The monoisotopic (exact) mass is 491 g/mol. The number of rotatable bonds is 3. The molecule has 1 aromatic rings. The lowest BCUT2D eigenvalue weighted by Gasteiger charge is -2.68. The summed E-state index contributed by atoms with van der Waals surface area (Å²) in [5.74, 6) is -1.04. The number of nitrogens with zero attached hydrogens (tertiary/aromatic N) is 1. The number of amides is 2. The second-order valence-corrected chi connectivity index (χ2v) is 13.0. The van der Waals surface area contributed by atoms with E-state index in [0.29, 0.717) is 18.0 Å². The van der Waals surface area contributed by atoms with Gasteiger partial charge >= 0.3 is 5.97 Å². The topological polar surface area (TPSA) is 94.9 Å². The van der Waals surface area contributed by atoms with Gasteiger partial charge in [0.25, 0.3) is 0 Å². The Balaban J connectivity index is 1.49. The number of benzene rings is 1. The van der Waals surface area contributed by atoms with E-state index in [2.05, 4.69) is 26.8 Å². The van der Waals surface area contributed by atoms with E-state index in [1.54, 1.807) is 12.1 Å². The van der Waals surface area contributed by atoms with Gasteiger partial charge in [0.2, 0.25) is 11.8 Å². The Bertz CT molecular complexity index is 1190. The number of carboxylic acids is 1. The fourth-order valence-electron chi connectivity index (χ4n) is 9.81. The van der Waals surface area contributed by atoms with E-state index in [1.165, 1.54) is 22.6 Å². The summed E-state index contributed by atoms with van der Waals surface area (Å²) in [7, 11) is 0. The number of hydrogen-bond acceptors (Lipinski definition) is 4. The van der Waals surface area contributed by atoms with Crippen molar-refractivity contribution in [2.75, 3.05) is 4.90 Å². The Morgan fingerprint density at radius 3 is 2.36 bits per heavy atom. The number of aromatic hydroxyl groups is 1. The van der Waals surface area contributed by atoms with Crippen LogP contribution in [0.5, 0.6) is 5.75 Å². The smallest absolute Gasteiger partial charge is 0.309 e. The number of carbonyl (C=O) groups excluding carboxylic acids is 2. The van der Waals surface area contributed by atoms with E-state index in [-0.39, 0.29) is 46.7 Å². The van der Waals surface area contributed by atoms with Crippen LogP contribution in [-0.4, -0.2) is 28.0 Å². The lowest BCUT2D eigenvalue weighted by atomic mass is 9.34. The summed E-state index contributed by atoms with van der Waals surface area (Å²) in [5.41, 5.74) is 0.482. The van der Waals surface area contributed by atoms with E-state index in [4.69, 9.17) is 0 Å². The molecule has 1 spiro atoms. The minimum absolute atomic E-state index is 0.00836. The van der Waals surface area contributed by atoms with Crippen molar-refractivity contribution in [3.63, 3.8) is 0 Å². The highest BCUT2D eigenvalue weighted by molar-refractivity contribution is 6.23. The molecule has 1 saturated heterocycles. The Kier molecular flexibility index (Phi) is 4.92. The number of allylic oxidation sites excluding steroid dienone is 2. The molecule has 3 saturated carbocycles. The van der Waals surface area contributed by atoms with Gasteiger partial charge in [-0.25, -0.2) is 0 Å². The fraction of sp³-hybridized carbons (Fsp3) is 0.633. The van der Waals surface area contributed by atoms with Gasteiger partial charge in [0.15, 0.2) is 0 Å². The third kappa shape index (κ3) is 2.76. The summed E-state index contributed by atoms with van der Waals surface area (Å²) in [6, 6.07) is 6.33. The van der Waals surface area contributed by atoms with Gasteiger partial charge in [-0.05, 0) is 92.4 Å². The number of aliphatic carboxylic acids is 1. The van der Waals surface area contributed by atoms with Crippen LogP contribution in [0.3, 0.4) is 0 Å². The average Bonchev–Trinajstić information content (AvgIpc) is 3.11. The van der Waals surface area contributed by atoms with Gasteiger partial charge in [-0.3, -0.25) is 19.3 Å². The number of phenolic OH excluding ortho intramolecular Hbond substituents is 1. The molecule has 4 fully saturated rings. The van der Waals surface area contributed by atoms with Gasteiger partial charge in [-0.2, -0.15) is 0 Å². The Morgan fingerprint density at radius 1 is 1.03 bits per heavy atom. The average molecular weight is 492 g/mol. The van der Waals surface area contributed by atoms with Crippen LogP contribution in [0, 0.1) is 51.8 Å². The molecule has 0 radical (unpaired) electrons. The van der Waals surface area contributed by atoms with Gasteiger partial charge < -0.3 is 10.2 Å². The van der Waals surface area contributed by atoms with Crippen LogP contribution in [0.4, 0.5) is 5.69 Å². The van der Waals surface area contributed by atoms with E-state index in [9.17, 15) is 24.6 Å². The van der Waals surface area contributed by atoms with Gasteiger partial charge in [-0.1, -0.05) is 38.8 Å². The van der Waals surface area contributed by atoms with Crippen molar-refractivity contribution in [3.05, 3.63) is 35.9 Å². The number of phenols is 1. The summed E-state index contributed by atoms with van der Waals surface area (Å²) in [6.45, 7) is 8.59. The lowest BCUT2D eigenvalue weighted by Crippen LogP contribution is -2.65. The molecule has 8 atom stereocenters. The van der Waals surface area contributed by atoms with E-state index in [1.807, 2.05) is 6.92 Å². The third-order valence-electron chi connectivity index (χ3n) is 11.3. The van der Waals surface area contributed by atoms with Crippen LogP contribution in [-0.2, 0) is 14.4 Å². The van der Waals surface area contributed by atoms with E-state index >= 15 is 0 Å². The van der Waals surface area contributed by atoms with Crippen LogP contribution in [0.25, 0.3) is 0 Å². The molecular weight excluding hydrogens is 454 g/mol. The highest BCUT2D eigenvalue weighted by atomic mass is 16.4. The van der Waals surface area contributed by atoms with E-state index < -0.39 is 22.7 Å². The molecule has 1 aromatic carbocycles. The van der Waals surface area contributed by atoms with Crippen molar-refractivity contribution < 1.29 is 24.6 Å². The summed E-state index contributed by atoms with van der Waals surface area (Å²) >= 11 is 0. The molecule has 6 aliphatic rings. The largest absolute Gasteiger partial charge is 0.508 e. The second-order valence-electron chi connectivity index (χ2n) is 13.0. The Morgan fingerprint density at radius 2 is 1.72 bits per heavy atom. The van der Waals surface area contributed by atoms with Gasteiger partial charge in [-0.15, -0.1) is 0 Å². The first-order valence-electron chi connectivity index (χ1n) is 13.6. The number of hydrogen-bond donors (Lipinski definition) is 2. The van der Waals surface area contributed by atoms with Crippen molar-refractivity contribution in [2.45, 2.75) is 66.2 Å². The standard InChI is InChI=1S/C30H37NO5/c1-16(2)20-15-30-13-10-21-28(3,11-5-12-29(21,4)27(35)36)22(30)14-19(20)23-24(30)26(34)31(25(23)33)17-6-8-18(32)9-7-17/h6-9,15-16,19,21-24,32H,5,10-14H2,1-4H3,(H,35,36)/t19?,21?,22?,23-,24+,28+,29-,30?/m1/s1. The lowest BCUT2D eigenvalue weighted by molar-refractivity contribution is -0.194. The zero-order valence-electron chi connectivity index (χ0n) is 21.7. The number of carbonyl (C=O) groups is 3. The van der Waals surface area contributed by atoms with Crippen molar-refractivity contribution in [1.29, 1.82) is 0 Å². The molecule has 1 heterocycles. The first-order valence-corrected chi connectivity index (χ1v) is 13.6. The molecule has 2 N–H and O–H groups in total. The molecule has 192 valence electrons. The van der Waals surface area contributed by atoms with Crippen molar-refractivity contribution in [1.82, 2.24) is 0 Å². The fourth-order valence-corrected chi connectivity index (χ4v) is 9.81. The maximum Gasteiger partial charge on any atom is 0.309 e. The number of fused-ring (bicyclic) bond motifs is 1. The summed E-state index contributed by atoms with van der Waals surface area (Å²) in [6.07, 6.45) is 7.35. The SMILES string of the molecule is CC(C)C1=CC23CCC4[C@](C)(CCC[C@@]4(C)C(=O)O)C2CC1[C@H]1C(=O)N(c2ccc(O)cc2)C(=O)[C@H]13. The molecule has 6 heteroatoms. The number of imide groups is 1. The first-order chi connectivity index (χ1) is 17.0. The molecule has 36 heavy (non-hydrogen) atoms. The maximum absolute atomic E-state index is 14.2. The Labute approximate surface area is 212 Å². The quantitative estimate of drug-likeness (QED) is 0.436. The third-order valence-corrected chi connectivity index (χ3v) is 11.3. The summed E-state index contributed by atoms with van der Waals surface area (Å²) in [4.78, 5) is 42.0. The van der Waals surface area contributed by atoms with Crippen LogP contribution >= 0.6 is 0 Å². The van der Waals surface area contributed by atoms with Crippen LogP contribution in [0.2, 0.25) is 0 Å². The molecule has 4 unspecified atom stereocenters. The van der Waals surface area contributed by atoms with Crippen molar-refractivity contribution >= 4 is 23.5 Å². The molecule has 2 bridgehead atoms. The van der Waals surface area contributed by atoms with Crippen LogP contribution in [0.1, 0.15) is 66.2 Å². The molecular formula is C30H37NO5. The zero-order valence-corrected chi connectivity index (χ0v) is 21.7.